The minimum absolute atomic E-state index is 0.0554. The van der Waals surface area contributed by atoms with Crippen molar-refractivity contribution in [3.05, 3.63) is 36.2 Å². The number of hydrogen-bond donors (Lipinski definition) is 2. The van der Waals surface area contributed by atoms with E-state index in [4.69, 9.17) is 10.5 Å². The van der Waals surface area contributed by atoms with Crippen molar-refractivity contribution in [3.63, 3.8) is 0 Å². The van der Waals surface area contributed by atoms with Crippen LogP contribution >= 0.6 is 11.8 Å². The number of nitrogens with zero attached hydrogens (tertiary/aromatic N) is 2. The summed E-state index contributed by atoms with van der Waals surface area (Å²) in [6.07, 6.45) is 1.49. The molecule has 2 aromatic rings. The van der Waals surface area contributed by atoms with Crippen LogP contribution in [0.25, 0.3) is 0 Å². The van der Waals surface area contributed by atoms with Crippen molar-refractivity contribution < 1.29 is 4.74 Å². The van der Waals surface area contributed by atoms with Gasteiger partial charge >= 0.3 is 0 Å². The van der Waals surface area contributed by atoms with E-state index in [0.29, 0.717) is 0 Å². The first-order valence-corrected chi connectivity index (χ1v) is 6.16. The lowest BCUT2D eigenvalue weighted by atomic mass is 10.1. The van der Waals surface area contributed by atoms with Gasteiger partial charge in [0.25, 0.3) is 0 Å². The fourth-order valence-electron chi connectivity index (χ4n) is 1.40. The van der Waals surface area contributed by atoms with Gasteiger partial charge in [0.1, 0.15) is 12.1 Å². The van der Waals surface area contributed by atoms with E-state index in [9.17, 15) is 0 Å². The van der Waals surface area contributed by atoms with Gasteiger partial charge in [0.2, 0.25) is 0 Å². The molecule has 1 atom stereocenters. The molecule has 3 N–H and O–H groups in total. The maximum Gasteiger partial charge on any atom is 0.183 e. The highest BCUT2D eigenvalue weighted by Crippen LogP contribution is 2.22. The van der Waals surface area contributed by atoms with E-state index in [0.717, 1.165) is 22.2 Å². The summed E-state index contributed by atoms with van der Waals surface area (Å²) in [5.74, 6) is 1.56. The normalized spacial score (nSPS) is 12.4. The highest BCUT2D eigenvalue weighted by Gasteiger charge is 2.08. The smallest absolute Gasteiger partial charge is 0.183 e. The molecule has 0 saturated carbocycles. The van der Waals surface area contributed by atoms with Crippen LogP contribution in [-0.4, -0.2) is 28.0 Å². The highest BCUT2D eigenvalue weighted by molar-refractivity contribution is 7.99. The summed E-state index contributed by atoms with van der Waals surface area (Å²) >= 11 is 1.55. The second-order valence-electron chi connectivity index (χ2n) is 3.48. The van der Waals surface area contributed by atoms with E-state index in [-0.39, 0.29) is 6.04 Å². The molecule has 5 nitrogen and oxygen atoms in total. The van der Waals surface area contributed by atoms with Gasteiger partial charge in [0.15, 0.2) is 5.16 Å². The quantitative estimate of drug-likeness (QED) is 0.788. The Kier molecular flexibility index (Phi) is 4.00. The fraction of sp³-hybridized carbons (Fsp3) is 0.273. The Morgan fingerprint density at radius 1 is 1.53 bits per heavy atom. The molecule has 0 radical (unpaired) electrons. The molecule has 17 heavy (non-hydrogen) atoms. The lowest BCUT2D eigenvalue weighted by Crippen LogP contribution is -2.13. The topological polar surface area (TPSA) is 76.8 Å². The first-order valence-electron chi connectivity index (χ1n) is 5.17. The van der Waals surface area contributed by atoms with Crippen molar-refractivity contribution in [2.75, 3.05) is 12.9 Å². The zero-order chi connectivity index (χ0) is 12.1. The Labute approximate surface area is 104 Å². The Bertz CT molecular complexity index is 460. The Morgan fingerprint density at radius 3 is 3.12 bits per heavy atom. The number of aromatic amines is 1. The van der Waals surface area contributed by atoms with Crippen LogP contribution in [0.1, 0.15) is 11.6 Å². The van der Waals surface area contributed by atoms with Gasteiger partial charge < -0.3 is 10.5 Å². The minimum atomic E-state index is -0.0554. The Hall–Kier alpha value is -1.53. The summed E-state index contributed by atoms with van der Waals surface area (Å²) in [6.45, 7) is 0. The number of ether oxygens (including phenoxy) is 1. The largest absolute Gasteiger partial charge is 0.497 e. The van der Waals surface area contributed by atoms with Gasteiger partial charge in [-0.15, -0.1) is 0 Å². The summed E-state index contributed by atoms with van der Waals surface area (Å²) in [5, 5.41) is 7.35. The first-order chi connectivity index (χ1) is 8.29. The van der Waals surface area contributed by atoms with E-state index in [1.807, 2.05) is 24.3 Å². The van der Waals surface area contributed by atoms with E-state index < -0.39 is 0 Å². The predicted molar refractivity (Wildman–Crippen MR) is 67.0 cm³/mol. The molecular weight excluding hydrogens is 236 g/mol. The first kappa shape index (κ1) is 11.9. The van der Waals surface area contributed by atoms with Crippen molar-refractivity contribution >= 4 is 11.8 Å². The van der Waals surface area contributed by atoms with Crippen molar-refractivity contribution in [1.29, 1.82) is 0 Å². The van der Waals surface area contributed by atoms with Gasteiger partial charge in [0.05, 0.1) is 7.11 Å². The number of thioether (sulfide) groups is 1. The molecule has 0 aliphatic heterocycles. The molecule has 0 aliphatic rings. The zero-order valence-electron chi connectivity index (χ0n) is 9.46. The van der Waals surface area contributed by atoms with Crippen LogP contribution in [0.2, 0.25) is 0 Å². The molecule has 0 aliphatic carbocycles. The lowest BCUT2D eigenvalue weighted by Gasteiger charge is -2.11. The second kappa shape index (κ2) is 5.70. The molecule has 6 heteroatoms. The molecule has 1 aromatic heterocycles. The van der Waals surface area contributed by atoms with E-state index in [1.54, 1.807) is 18.9 Å². The number of aromatic nitrogens is 3. The molecule has 0 fully saturated rings. The van der Waals surface area contributed by atoms with E-state index in [1.165, 1.54) is 6.33 Å². The second-order valence-corrected chi connectivity index (χ2v) is 4.49. The molecule has 0 amide bonds. The molecule has 1 heterocycles. The third kappa shape index (κ3) is 3.21. The number of methoxy groups -OCH3 is 1. The van der Waals surface area contributed by atoms with E-state index in [2.05, 4.69) is 15.2 Å². The minimum Gasteiger partial charge on any atom is -0.497 e. The summed E-state index contributed by atoms with van der Waals surface area (Å²) in [6, 6.07) is 7.73. The summed E-state index contributed by atoms with van der Waals surface area (Å²) in [7, 11) is 1.65. The zero-order valence-corrected chi connectivity index (χ0v) is 10.3. The van der Waals surface area contributed by atoms with Crippen LogP contribution in [0, 0.1) is 0 Å². The number of rotatable bonds is 5. The van der Waals surface area contributed by atoms with Gasteiger partial charge in [-0.05, 0) is 17.7 Å². The number of nitrogens with two attached hydrogens (primary N) is 1. The molecule has 1 aromatic carbocycles. The lowest BCUT2D eigenvalue weighted by molar-refractivity contribution is 0.414. The van der Waals surface area contributed by atoms with Gasteiger partial charge in [0, 0.05) is 11.8 Å². The van der Waals surface area contributed by atoms with Crippen LogP contribution in [0.5, 0.6) is 5.75 Å². The van der Waals surface area contributed by atoms with Crippen LogP contribution in [0.4, 0.5) is 0 Å². The molecule has 0 saturated heterocycles. The van der Waals surface area contributed by atoms with Crippen molar-refractivity contribution in [3.8, 4) is 5.75 Å². The van der Waals surface area contributed by atoms with Gasteiger partial charge in [-0.2, -0.15) is 5.10 Å². The van der Waals surface area contributed by atoms with Gasteiger partial charge in [-0.1, -0.05) is 23.9 Å². The van der Waals surface area contributed by atoms with Crippen molar-refractivity contribution in [1.82, 2.24) is 15.2 Å². The fourth-order valence-corrected chi connectivity index (χ4v) is 2.17. The molecule has 0 bridgehead atoms. The maximum atomic E-state index is 6.10. The average molecular weight is 250 g/mol. The molecule has 1 unspecified atom stereocenters. The Morgan fingerprint density at radius 2 is 2.41 bits per heavy atom. The molecule has 2 rings (SSSR count). The predicted octanol–water partition coefficient (Wildman–Crippen LogP) is 1.61. The summed E-state index contributed by atoms with van der Waals surface area (Å²) in [5.41, 5.74) is 7.15. The molecular formula is C11H14N4OS. The summed E-state index contributed by atoms with van der Waals surface area (Å²) in [4.78, 5) is 4.03. The third-order valence-corrected chi connectivity index (χ3v) is 3.31. The van der Waals surface area contributed by atoms with Crippen molar-refractivity contribution in [2.45, 2.75) is 11.2 Å². The van der Waals surface area contributed by atoms with Gasteiger partial charge in [-0.3, -0.25) is 5.10 Å². The maximum absolute atomic E-state index is 6.10. The van der Waals surface area contributed by atoms with Crippen LogP contribution in [0.15, 0.2) is 35.7 Å². The van der Waals surface area contributed by atoms with E-state index >= 15 is 0 Å². The van der Waals surface area contributed by atoms with Crippen LogP contribution < -0.4 is 10.5 Å². The number of hydrogen-bond acceptors (Lipinski definition) is 5. The SMILES string of the molecule is COc1cccc(C(N)CSc2ncn[nH]2)c1. The van der Waals surface area contributed by atoms with Crippen LogP contribution in [0.3, 0.4) is 0 Å². The van der Waals surface area contributed by atoms with Crippen LogP contribution in [-0.2, 0) is 0 Å². The highest BCUT2D eigenvalue weighted by atomic mass is 32.2. The average Bonchev–Trinajstić information content (AvgIpc) is 2.89. The monoisotopic (exact) mass is 250 g/mol. The molecule has 0 spiro atoms. The third-order valence-electron chi connectivity index (χ3n) is 2.31. The number of H-pyrrole nitrogens is 1. The van der Waals surface area contributed by atoms with Gasteiger partial charge in [-0.25, -0.2) is 4.98 Å². The standard InChI is InChI=1S/C11H14N4OS/c1-16-9-4-2-3-8(5-9)10(12)6-17-11-13-7-14-15-11/h2-5,7,10H,6,12H2,1H3,(H,13,14,15). The van der Waals surface area contributed by atoms with Crippen molar-refractivity contribution in [2.24, 2.45) is 5.73 Å². The Balaban J connectivity index is 1.96. The summed E-state index contributed by atoms with van der Waals surface area (Å²) < 4.78 is 5.16. The number of nitrogens with one attached hydrogen (secondary N) is 1. The molecule has 90 valence electrons. The number of benzene rings is 1.